The summed E-state index contributed by atoms with van der Waals surface area (Å²) in [4.78, 5) is 4.92. The second-order valence-corrected chi connectivity index (χ2v) is 7.34. The van der Waals surface area contributed by atoms with Crippen molar-refractivity contribution in [3.63, 3.8) is 0 Å². The van der Waals surface area contributed by atoms with Crippen molar-refractivity contribution in [2.24, 2.45) is 0 Å². The molecule has 1 aliphatic heterocycles. The quantitative estimate of drug-likeness (QED) is 0.835. The van der Waals surface area contributed by atoms with Crippen LogP contribution in [0, 0.1) is 27.7 Å². The maximum atomic E-state index is 5.61. The van der Waals surface area contributed by atoms with Gasteiger partial charge in [-0.1, -0.05) is 11.2 Å². The van der Waals surface area contributed by atoms with Crippen LogP contribution in [0.2, 0.25) is 0 Å². The van der Waals surface area contributed by atoms with Crippen molar-refractivity contribution in [2.45, 2.75) is 40.5 Å². The Morgan fingerprint density at radius 3 is 2.65 bits per heavy atom. The van der Waals surface area contributed by atoms with Gasteiger partial charge in [0.05, 0.1) is 5.69 Å². The van der Waals surface area contributed by atoms with Crippen LogP contribution in [0.1, 0.15) is 32.3 Å². The number of aromatic nitrogens is 1. The van der Waals surface area contributed by atoms with E-state index in [1.54, 1.807) is 7.11 Å². The van der Waals surface area contributed by atoms with E-state index in [0.717, 1.165) is 29.1 Å². The first-order chi connectivity index (χ1) is 11.0. The van der Waals surface area contributed by atoms with Crippen LogP contribution in [0.5, 0.6) is 0 Å². The van der Waals surface area contributed by atoms with Gasteiger partial charge in [-0.05, 0) is 45.4 Å². The molecule has 0 aromatic carbocycles. The smallest absolute Gasteiger partial charge is 0.149 e. The van der Waals surface area contributed by atoms with Gasteiger partial charge >= 0.3 is 0 Å². The molecule has 4 nitrogen and oxygen atoms in total. The monoisotopic (exact) mass is 330 g/mol. The van der Waals surface area contributed by atoms with Gasteiger partial charge in [0.2, 0.25) is 0 Å². The Kier molecular flexibility index (Phi) is 4.41. The average Bonchev–Trinajstić information content (AvgIpc) is 3.01. The van der Waals surface area contributed by atoms with Crippen LogP contribution in [-0.2, 0) is 11.3 Å². The highest BCUT2D eigenvalue weighted by molar-refractivity contribution is 7.12. The number of ether oxygens (including phenoxy) is 1. The molecule has 0 radical (unpaired) electrons. The normalized spacial score (nSPS) is 17.7. The molecule has 1 atom stereocenters. The Bertz CT molecular complexity index is 751. The largest absolute Gasteiger partial charge is 0.361 e. The average molecular weight is 330 g/mol. The van der Waals surface area contributed by atoms with E-state index in [9.17, 15) is 0 Å². The first-order valence-electron chi connectivity index (χ1n) is 7.67. The molecule has 0 fully saturated rings. The number of hydrogen-bond donors (Lipinski definition) is 0. The molecule has 3 heterocycles. The molecule has 122 valence electrons. The number of aryl methyl sites for hydroxylation is 4. The molecular formula is C18H22N2O2S. The van der Waals surface area contributed by atoms with Crippen LogP contribution in [0.3, 0.4) is 0 Å². The molecule has 1 unspecified atom stereocenters. The van der Waals surface area contributed by atoms with Crippen LogP contribution in [0.15, 0.2) is 28.9 Å². The number of rotatable bonds is 4. The zero-order chi connectivity index (χ0) is 16.6. The summed E-state index contributed by atoms with van der Waals surface area (Å²) >= 11 is 1.84. The van der Waals surface area contributed by atoms with E-state index < -0.39 is 0 Å². The Hall–Kier alpha value is -1.85. The SMILES string of the molecule is COC1C=CC(c2c(C)noc2C)=CN1Cc1cc(C)sc1C. The zero-order valence-electron chi connectivity index (χ0n) is 14.2. The number of nitrogens with zero attached hydrogens (tertiary/aromatic N) is 2. The lowest BCUT2D eigenvalue weighted by Crippen LogP contribution is -2.32. The highest BCUT2D eigenvalue weighted by Gasteiger charge is 2.21. The maximum Gasteiger partial charge on any atom is 0.149 e. The number of methoxy groups -OCH3 is 1. The molecule has 0 saturated heterocycles. The lowest BCUT2D eigenvalue weighted by Gasteiger charge is -2.31. The number of thiophene rings is 1. The van der Waals surface area contributed by atoms with Gasteiger partial charge in [0.15, 0.2) is 0 Å². The highest BCUT2D eigenvalue weighted by atomic mass is 32.1. The molecule has 0 amide bonds. The molecule has 0 saturated carbocycles. The predicted octanol–water partition coefficient (Wildman–Crippen LogP) is 4.36. The molecule has 0 bridgehead atoms. The summed E-state index contributed by atoms with van der Waals surface area (Å²) in [6, 6.07) is 2.26. The van der Waals surface area contributed by atoms with Gasteiger partial charge in [-0.25, -0.2) is 0 Å². The number of hydrogen-bond acceptors (Lipinski definition) is 5. The van der Waals surface area contributed by atoms with E-state index in [0.29, 0.717) is 0 Å². The molecule has 1 aliphatic rings. The molecule has 0 aliphatic carbocycles. The van der Waals surface area contributed by atoms with Crippen molar-refractivity contribution in [3.8, 4) is 0 Å². The highest BCUT2D eigenvalue weighted by Crippen LogP contribution is 2.30. The van der Waals surface area contributed by atoms with Gasteiger partial charge in [0.25, 0.3) is 0 Å². The van der Waals surface area contributed by atoms with Gasteiger partial charge in [-0.3, -0.25) is 0 Å². The Morgan fingerprint density at radius 2 is 2.09 bits per heavy atom. The van der Waals surface area contributed by atoms with Crippen molar-refractivity contribution in [1.82, 2.24) is 10.1 Å². The van der Waals surface area contributed by atoms with Crippen LogP contribution in [-0.4, -0.2) is 23.4 Å². The lowest BCUT2D eigenvalue weighted by atomic mass is 10.0. The Labute approximate surface area is 141 Å². The standard InChI is InChI=1S/C18H22N2O2S/c1-11-8-16(14(4)23-11)10-20-9-15(6-7-17(20)21-5)18-12(2)19-22-13(18)3/h6-9,17H,10H2,1-5H3. The molecule has 5 heteroatoms. The van der Waals surface area contributed by atoms with Crippen molar-refractivity contribution in [2.75, 3.05) is 7.11 Å². The first kappa shape index (κ1) is 16.0. The number of allylic oxidation sites excluding steroid dienone is 2. The van der Waals surface area contributed by atoms with Crippen LogP contribution in [0.4, 0.5) is 0 Å². The third-order valence-corrected chi connectivity index (χ3v) is 5.14. The summed E-state index contributed by atoms with van der Waals surface area (Å²) in [6.45, 7) is 9.07. The molecule has 23 heavy (non-hydrogen) atoms. The minimum atomic E-state index is -0.0566. The summed E-state index contributed by atoms with van der Waals surface area (Å²) in [5.74, 6) is 0.844. The molecule has 2 aromatic rings. The lowest BCUT2D eigenvalue weighted by molar-refractivity contribution is 0.0264. The summed E-state index contributed by atoms with van der Waals surface area (Å²) < 4.78 is 10.9. The zero-order valence-corrected chi connectivity index (χ0v) is 15.0. The fourth-order valence-corrected chi connectivity index (χ4v) is 3.96. The minimum Gasteiger partial charge on any atom is -0.361 e. The minimum absolute atomic E-state index is 0.0566. The Morgan fingerprint density at radius 1 is 1.30 bits per heavy atom. The summed E-state index contributed by atoms with van der Waals surface area (Å²) in [7, 11) is 1.74. The third kappa shape index (κ3) is 3.12. The second kappa shape index (κ2) is 6.34. The van der Waals surface area contributed by atoms with E-state index in [1.165, 1.54) is 15.3 Å². The molecule has 2 aromatic heterocycles. The third-order valence-electron chi connectivity index (χ3n) is 4.13. The van der Waals surface area contributed by atoms with E-state index in [2.05, 4.69) is 48.3 Å². The van der Waals surface area contributed by atoms with Crippen molar-refractivity contribution in [3.05, 3.63) is 56.8 Å². The van der Waals surface area contributed by atoms with E-state index in [1.807, 2.05) is 25.2 Å². The summed E-state index contributed by atoms with van der Waals surface area (Å²) in [5.41, 5.74) is 4.44. The van der Waals surface area contributed by atoms with Crippen LogP contribution in [0.25, 0.3) is 5.57 Å². The van der Waals surface area contributed by atoms with Crippen molar-refractivity contribution >= 4 is 16.9 Å². The molecule has 3 rings (SSSR count). The molecular weight excluding hydrogens is 308 g/mol. The maximum absolute atomic E-state index is 5.61. The van der Waals surface area contributed by atoms with Crippen LogP contribution < -0.4 is 0 Å². The van der Waals surface area contributed by atoms with Crippen molar-refractivity contribution in [1.29, 1.82) is 0 Å². The summed E-state index contributed by atoms with van der Waals surface area (Å²) in [5, 5.41) is 4.06. The van der Waals surface area contributed by atoms with Gasteiger partial charge in [0.1, 0.15) is 12.0 Å². The van der Waals surface area contributed by atoms with Gasteiger partial charge < -0.3 is 14.2 Å². The topological polar surface area (TPSA) is 38.5 Å². The molecule has 0 spiro atoms. The first-order valence-corrected chi connectivity index (χ1v) is 8.49. The van der Waals surface area contributed by atoms with E-state index in [-0.39, 0.29) is 6.23 Å². The van der Waals surface area contributed by atoms with Gasteiger partial charge in [-0.2, -0.15) is 0 Å². The van der Waals surface area contributed by atoms with Gasteiger partial charge in [0, 0.05) is 40.7 Å². The van der Waals surface area contributed by atoms with E-state index in [4.69, 9.17) is 9.26 Å². The Balaban J connectivity index is 1.93. The van der Waals surface area contributed by atoms with Gasteiger partial charge in [-0.15, -0.1) is 11.3 Å². The summed E-state index contributed by atoms with van der Waals surface area (Å²) in [6.07, 6.45) is 6.25. The van der Waals surface area contributed by atoms with E-state index >= 15 is 0 Å². The van der Waals surface area contributed by atoms with Crippen molar-refractivity contribution < 1.29 is 9.26 Å². The molecule has 0 N–H and O–H groups in total. The fourth-order valence-electron chi connectivity index (χ4n) is 3.02. The van der Waals surface area contributed by atoms with Crippen LogP contribution >= 0.6 is 11.3 Å². The predicted molar refractivity (Wildman–Crippen MR) is 93.2 cm³/mol. The second-order valence-electron chi connectivity index (χ2n) is 5.88. The fraction of sp³-hybridized carbons (Fsp3) is 0.389.